The number of phenolic OH excluding ortho intramolecular Hbond substituents is 1. The van der Waals surface area contributed by atoms with Gasteiger partial charge in [0, 0.05) is 18.0 Å². The molecule has 5 nitrogen and oxygen atoms in total. The highest BCUT2D eigenvalue weighted by molar-refractivity contribution is 5.92. The first-order chi connectivity index (χ1) is 12.2. The number of nitrogens with zero attached hydrogens (tertiary/aromatic N) is 1. The van der Waals surface area contributed by atoms with Gasteiger partial charge in [-0.05, 0) is 36.8 Å². The van der Waals surface area contributed by atoms with Gasteiger partial charge in [0.1, 0.15) is 11.8 Å². The summed E-state index contributed by atoms with van der Waals surface area (Å²) in [6, 6.07) is 15.9. The maximum Gasteiger partial charge on any atom is 0.328 e. The summed E-state index contributed by atoms with van der Waals surface area (Å²) >= 11 is 0. The van der Waals surface area contributed by atoms with Crippen molar-refractivity contribution in [3.63, 3.8) is 0 Å². The van der Waals surface area contributed by atoms with Gasteiger partial charge in [0.15, 0.2) is 0 Å². The number of aromatic hydroxyl groups is 1. The predicted molar refractivity (Wildman–Crippen MR) is 97.6 cm³/mol. The first-order valence-corrected chi connectivity index (χ1v) is 8.22. The van der Waals surface area contributed by atoms with Gasteiger partial charge in [-0.3, -0.25) is 4.98 Å². The van der Waals surface area contributed by atoms with Crippen molar-refractivity contribution in [2.75, 3.05) is 11.9 Å². The average molecular weight is 336 g/mol. The number of aromatic nitrogens is 1. The van der Waals surface area contributed by atoms with Crippen LogP contribution in [-0.2, 0) is 16.0 Å². The molecule has 0 aliphatic heterocycles. The molecule has 1 atom stereocenters. The van der Waals surface area contributed by atoms with Crippen molar-refractivity contribution >= 4 is 22.6 Å². The van der Waals surface area contributed by atoms with E-state index in [1.165, 1.54) is 0 Å². The van der Waals surface area contributed by atoms with Crippen LogP contribution in [0, 0.1) is 0 Å². The van der Waals surface area contributed by atoms with Gasteiger partial charge in [0.05, 0.1) is 17.8 Å². The predicted octanol–water partition coefficient (Wildman–Crippen LogP) is 3.53. The highest BCUT2D eigenvalue weighted by Gasteiger charge is 2.21. The summed E-state index contributed by atoms with van der Waals surface area (Å²) in [5.74, 6) is -0.119. The number of carbonyl (C=O) groups excluding carboxylic acids is 1. The molecule has 0 saturated carbocycles. The normalized spacial score (nSPS) is 11.9. The van der Waals surface area contributed by atoms with Crippen LogP contribution in [0.3, 0.4) is 0 Å². The van der Waals surface area contributed by atoms with Crippen molar-refractivity contribution in [1.82, 2.24) is 4.98 Å². The molecular formula is C20H20N2O3. The average Bonchev–Trinajstić information content (AvgIpc) is 2.63. The van der Waals surface area contributed by atoms with Crippen molar-refractivity contribution in [2.45, 2.75) is 19.4 Å². The number of anilines is 1. The molecule has 2 aromatic carbocycles. The fourth-order valence-electron chi connectivity index (χ4n) is 2.71. The quantitative estimate of drug-likeness (QED) is 0.674. The van der Waals surface area contributed by atoms with Gasteiger partial charge in [-0.15, -0.1) is 0 Å². The third kappa shape index (κ3) is 4.07. The minimum atomic E-state index is -0.544. The van der Waals surface area contributed by atoms with E-state index in [1.807, 2.05) is 30.3 Å². The number of rotatable bonds is 6. The van der Waals surface area contributed by atoms with E-state index in [1.54, 1.807) is 37.4 Å². The Balaban J connectivity index is 1.88. The number of pyridine rings is 1. The molecule has 0 saturated heterocycles. The molecule has 25 heavy (non-hydrogen) atoms. The molecule has 0 aliphatic carbocycles. The number of esters is 1. The van der Waals surface area contributed by atoms with Crippen LogP contribution in [0.1, 0.15) is 12.5 Å². The van der Waals surface area contributed by atoms with E-state index < -0.39 is 6.04 Å². The van der Waals surface area contributed by atoms with Crippen LogP contribution in [0.5, 0.6) is 5.75 Å². The Hall–Kier alpha value is -3.08. The smallest absolute Gasteiger partial charge is 0.328 e. The molecule has 1 aromatic heterocycles. The summed E-state index contributed by atoms with van der Waals surface area (Å²) in [7, 11) is 0. The molecule has 0 amide bonds. The molecule has 1 heterocycles. The number of para-hydroxylation sites is 1. The Morgan fingerprint density at radius 2 is 1.92 bits per heavy atom. The monoisotopic (exact) mass is 336 g/mol. The highest BCUT2D eigenvalue weighted by atomic mass is 16.5. The van der Waals surface area contributed by atoms with E-state index in [2.05, 4.69) is 10.3 Å². The van der Waals surface area contributed by atoms with Crippen LogP contribution in [-0.4, -0.2) is 28.7 Å². The molecule has 0 spiro atoms. The van der Waals surface area contributed by atoms with Gasteiger partial charge >= 0.3 is 5.97 Å². The fourth-order valence-corrected chi connectivity index (χ4v) is 2.71. The van der Waals surface area contributed by atoms with E-state index >= 15 is 0 Å². The maximum atomic E-state index is 12.4. The summed E-state index contributed by atoms with van der Waals surface area (Å²) < 4.78 is 5.21. The summed E-state index contributed by atoms with van der Waals surface area (Å²) in [4.78, 5) is 16.8. The molecule has 0 aliphatic rings. The number of hydrogen-bond acceptors (Lipinski definition) is 5. The molecule has 0 radical (unpaired) electrons. The van der Waals surface area contributed by atoms with Crippen molar-refractivity contribution in [3.05, 3.63) is 66.4 Å². The second-order valence-electron chi connectivity index (χ2n) is 5.70. The standard InChI is InChI=1S/C20H20N2O3/c1-2-25-20(24)18(13-14-8-10-16(23)11-9-14)22-17-7-3-5-15-6-4-12-21-19(15)17/h3-12,18,22-23H,2,13H2,1H3. The zero-order valence-corrected chi connectivity index (χ0v) is 14.0. The first-order valence-electron chi connectivity index (χ1n) is 8.22. The van der Waals surface area contributed by atoms with Crippen LogP contribution in [0.2, 0.25) is 0 Å². The molecule has 0 fully saturated rings. The highest BCUT2D eigenvalue weighted by Crippen LogP contribution is 2.22. The third-order valence-electron chi connectivity index (χ3n) is 3.91. The van der Waals surface area contributed by atoms with Gasteiger partial charge in [-0.25, -0.2) is 4.79 Å². The lowest BCUT2D eigenvalue weighted by atomic mass is 10.0. The summed E-state index contributed by atoms with van der Waals surface area (Å²) in [6.45, 7) is 2.11. The van der Waals surface area contributed by atoms with E-state index in [0.29, 0.717) is 13.0 Å². The number of hydrogen-bond donors (Lipinski definition) is 2. The fraction of sp³-hybridized carbons (Fsp3) is 0.200. The van der Waals surface area contributed by atoms with Gasteiger partial charge in [0.2, 0.25) is 0 Å². The number of phenols is 1. The molecule has 3 rings (SSSR count). The number of nitrogens with one attached hydrogen (secondary N) is 1. The first kappa shape index (κ1) is 16.8. The summed E-state index contributed by atoms with van der Waals surface area (Å²) in [6.07, 6.45) is 2.18. The second-order valence-corrected chi connectivity index (χ2v) is 5.70. The van der Waals surface area contributed by atoms with Crippen LogP contribution >= 0.6 is 0 Å². The second kappa shape index (κ2) is 7.66. The van der Waals surface area contributed by atoms with Gasteiger partial charge in [0.25, 0.3) is 0 Å². The summed E-state index contributed by atoms with van der Waals surface area (Å²) in [5, 5.41) is 13.7. The SMILES string of the molecule is CCOC(=O)C(Cc1ccc(O)cc1)Nc1cccc2cccnc12. The molecule has 0 bridgehead atoms. The lowest BCUT2D eigenvalue weighted by molar-refractivity contribution is -0.144. The lowest BCUT2D eigenvalue weighted by Crippen LogP contribution is -2.33. The number of benzene rings is 2. The minimum absolute atomic E-state index is 0.197. The zero-order valence-electron chi connectivity index (χ0n) is 14.0. The van der Waals surface area contributed by atoms with Crippen molar-refractivity contribution < 1.29 is 14.6 Å². The van der Waals surface area contributed by atoms with Crippen molar-refractivity contribution in [1.29, 1.82) is 0 Å². The van der Waals surface area contributed by atoms with Gasteiger partial charge < -0.3 is 15.2 Å². The molecule has 5 heteroatoms. The number of ether oxygens (including phenoxy) is 1. The van der Waals surface area contributed by atoms with E-state index in [4.69, 9.17) is 4.74 Å². The Morgan fingerprint density at radius 3 is 2.68 bits per heavy atom. The lowest BCUT2D eigenvalue weighted by Gasteiger charge is -2.19. The van der Waals surface area contributed by atoms with Gasteiger partial charge in [-0.1, -0.05) is 30.3 Å². The molecule has 3 aromatic rings. The van der Waals surface area contributed by atoms with Gasteiger partial charge in [-0.2, -0.15) is 0 Å². The van der Waals surface area contributed by atoms with Crippen LogP contribution in [0.25, 0.3) is 10.9 Å². The maximum absolute atomic E-state index is 12.4. The largest absolute Gasteiger partial charge is 0.508 e. The summed E-state index contributed by atoms with van der Waals surface area (Å²) in [5.41, 5.74) is 2.52. The van der Waals surface area contributed by atoms with Crippen molar-refractivity contribution in [2.24, 2.45) is 0 Å². The molecule has 2 N–H and O–H groups in total. The topological polar surface area (TPSA) is 71.5 Å². The number of carbonyl (C=O) groups is 1. The Labute approximate surface area is 146 Å². The molecule has 128 valence electrons. The van der Waals surface area contributed by atoms with Crippen LogP contribution in [0.15, 0.2) is 60.8 Å². The van der Waals surface area contributed by atoms with E-state index in [-0.39, 0.29) is 11.7 Å². The Morgan fingerprint density at radius 1 is 1.16 bits per heavy atom. The van der Waals surface area contributed by atoms with Crippen molar-refractivity contribution in [3.8, 4) is 5.75 Å². The van der Waals surface area contributed by atoms with E-state index in [9.17, 15) is 9.90 Å². The Bertz CT molecular complexity index is 857. The van der Waals surface area contributed by atoms with Crippen LogP contribution in [0.4, 0.5) is 5.69 Å². The zero-order chi connectivity index (χ0) is 17.6. The van der Waals surface area contributed by atoms with E-state index in [0.717, 1.165) is 22.2 Å². The molecular weight excluding hydrogens is 316 g/mol. The number of fused-ring (bicyclic) bond motifs is 1. The van der Waals surface area contributed by atoms with Crippen LogP contribution < -0.4 is 5.32 Å². The Kier molecular flexibility index (Phi) is 5.14. The molecule has 1 unspecified atom stereocenters. The minimum Gasteiger partial charge on any atom is -0.508 e. The third-order valence-corrected chi connectivity index (χ3v) is 3.91.